The van der Waals surface area contributed by atoms with Crippen molar-refractivity contribution in [2.75, 3.05) is 6.54 Å². The van der Waals surface area contributed by atoms with Gasteiger partial charge in [0.2, 0.25) is 6.43 Å². The average molecular weight is 172 g/mol. The van der Waals surface area contributed by atoms with Gasteiger partial charge in [0.15, 0.2) is 0 Å². The van der Waals surface area contributed by atoms with Crippen molar-refractivity contribution in [1.82, 2.24) is 4.98 Å². The summed E-state index contributed by atoms with van der Waals surface area (Å²) in [5.74, 6) is -0.939. The Morgan fingerprint density at radius 3 is 2.58 bits per heavy atom. The van der Waals surface area contributed by atoms with Crippen LogP contribution in [0.3, 0.4) is 0 Å². The molecule has 12 heavy (non-hydrogen) atoms. The van der Waals surface area contributed by atoms with Crippen molar-refractivity contribution in [3.8, 4) is 0 Å². The Morgan fingerprint density at radius 1 is 1.42 bits per heavy atom. The molecule has 66 valence electrons. The third-order valence-corrected chi connectivity index (χ3v) is 1.63. The number of halogens is 2. The number of alkyl halides is 2. The molecule has 0 aliphatic heterocycles. The number of hydrogen-bond donors (Lipinski definition) is 1. The minimum Gasteiger partial charge on any atom is -0.330 e. The van der Waals surface area contributed by atoms with E-state index in [-0.39, 0.29) is 6.54 Å². The van der Waals surface area contributed by atoms with Crippen molar-refractivity contribution in [2.24, 2.45) is 5.73 Å². The predicted octanol–water partition coefficient (Wildman–Crippen LogP) is 1.39. The number of nitrogens with two attached hydrogens (primary N) is 1. The maximum Gasteiger partial charge on any atom is 0.248 e. The summed E-state index contributed by atoms with van der Waals surface area (Å²) in [5, 5.41) is 0. The molecule has 0 aliphatic carbocycles. The summed E-state index contributed by atoms with van der Waals surface area (Å²) in [6, 6.07) is 4.92. The molecule has 0 bridgehead atoms. The minimum absolute atomic E-state index is 0.0747. The van der Waals surface area contributed by atoms with E-state index in [0.29, 0.717) is 5.69 Å². The first kappa shape index (κ1) is 9.06. The summed E-state index contributed by atoms with van der Waals surface area (Å²) in [6.45, 7) is -0.0747. The van der Waals surface area contributed by atoms with Gasteiger partial charge in [-0.2, -0.15) is 0 Å². The van der Waals surface area contributed by atoms with Crippen molar-refractivity contribution >= 4 is 0 Å². The Morgan fingerprint density at radius 2 is 2.17 bits per heavy atom. The van der Waals surface area contributed by atoms with E-state index in [1.54, 1.807) is 18.2 Å². The van der Waals surface area contributed by atoms with Gasteiger partial charge in [-0.1, -0.05) is 6.07 Å². The van der Waals surface area contributed by atoms with Gasteiger partial charge in [-0.15, -0.1) is 0 Å². The van der Waals surface area contributed by atoms with Crippen LogP contribution in [-0.4, -0.2) is 18.0 Å². The molecule has 0 spiro atoms. The maximum atomic E-state index is 12.3. The van der Waals surface area contributed by atoms with E-state index in [1.807, 2.05) is 0 Å². The summed E-state index contributed by atoms with van der Waals surface area (Å²) in [4.78, 5) is 3.81. The van der Waals surface area contributed by atoms with E-state index >= 15 is 0 Å². The van der Waals surface area contributed by atoms with E-state index < -0.39 is 12.3 Å². The smallest absolute Gasteiger partial charge is 0.248 e. The predicted molar refractivity (Wildman–Crippen MR) is 42.0 cm³/mol. The molecule has 1 heterocycles. The van der Waals surface area contributed by atoms with Crippen molar-refractivity contribution in [2.45, 2.75) is 12.3 Å². The highest BCUT2D eigenvalue weighted by Crippen LogP contribution is 2.19. The number of aromatic nitrogens is 1. The van der Waals surface area contributed by atoms with E-state index in [0.717, 1.165) is 0 Å². The van der Waals surface area contributed by atoms with Crippen LogP contribution in [0, 0.1) is 0 Å². The van der Waals surface area contributed by atoms with E-state index in [1.165, 1.54) is 6.20 Å². The fraction of sp³-hybridized carbons (Fsp3) is 0.375. The van der Waals surface area contributed by atoms with Gasteiger partial charge in [0.1, 0.15) is 0 Å². The van der Waals surface area contributed by atoms with Crippen molar-refractivity contribution in [3.05, 3.63) is 30.1 Å². The van der Waals surface area contributed by atoms with E-state index in [9.17, 15) is 8.78 Å². The Balaban J connectivity index is 2.80. The van der Waals surface area contributed by atoms with Gasteiger partial charge in [-0.05, 0) is 12.1 Å². The molecule has 1 rings (SSSR count). The van der Waals surface area contributed by atoms with Crippen LogP contribution in [0.1, 0.15) is 11.6 Å². The summed E-state index contributed by atoms with van der Waals surface area (Å²) < 4.78 is 24.5. The van der Waals surface area contributed by atoms with Crippen molar-refractivity contribution in [3.63, 3.8) is 0 Å². The van der Waals surface area contributed by atoms with Crippen LogP contribution in [0.15, 0.2) is 24.4 Å². The molecule has 2 nitrogen and oxygen atoms in total. The van der Waals surface area contributed by atoms with Gasteiger partial charge in [-0.3, -0.25) is 4.98 Å². The third-order valence-electron chi connectivity index (χ3n) is 1.63. The molecule has 0 aliphatic rings. The second-order valence-corrected chi connectivity index (χ2v) is 2.43. The molecular formula is C8H10F2N2. The number of nitrogens with zero attached hydrogens (tertiary/aromatic N) is 1. The highest BCUT2D eigenvalue weighted by Gasteiger charge is 2.21. The Bertz CT molecular complexity index is 226. The van der Waals surface area contributed by atoms with Gasteiger partial charge in [0.25, 0.3) is 0 Å². The normalized spacial score (nSPS) is 13.3. The van der Waals surface area contributed by atoms with Gasteiger partial charge in [0.05, 0.1) is 11.6 Å². The summed E-state index contributed by atoms with van der Waals surface area (Å²) in [5.41, 5.74) is 5.54. The van der Waals surface area contributed by atoms with Crippen LogP contribution >= 0.6 is 0 Å². The lowest BCUT2D eigenvalue weighted by molar-refractivity contribution is 0.115. The fourth-order valence-electron chi connectivity index (χ4n) is 0.948. The van der Waals surface area contributed by atoms with Crippen LogP contribution < -0.4 is 5.73 Å². The van der Waals surface area contributed by atoms with E-state index in [2.05, 4.69) is 4.98 Å². The molecule has 1 aromatic heterocycles. The lowest BCUT2D eigenvalue weighted by Gasteiger charge is -2.11. The number of rotatable bonds is 3. The molecule has 4 heteroatoms. The van der Waals surface area contributed by atoms with Crippen molar-refractivity contribution in [1.29, 1.82) is 0 Å². The second kappa shape index (κ2) is 4.11. The molecule has 0 amide bonds. The van der Waals surface area contributed by atoms with Crippen LogP contribution in [0.5, 0.6) is 0 Å². The topological polar surface area (TPSA) is 38.9 Å². The van der Waals surface area contributed by atoms with Crippen LogP contribution in [0.4, 0.5) is 8.78 Å². The molecule has 0 saturated carbocycles. The number of pyridine rings is 1. The molecule has 2 N–H and O–H groups in total. The summed E-state index contributed by atoms with van der Waals surface area (Å²) >= 11 is 0. The second-order valence-electron chi connectivity index (χ2n) is 2.43. The molecular weight excluding hydrogens is 162 g/mol. The third kappa shape index (κ3) is 1.98. The van der Waals surface area contributed by atoms with E-state index in [4.69, 9.17) is 5.73 Å². The van der Waals surface area contributed by atoms with Gasteiger partial charge < -0.3 is 5.73 Å². The lowest BCUT2D eigenvalue weighted by atomic mass is 10.1. The first-order valence-electron chi connectivity index (χ1n) is 3.65. The Hall–Kier alpha value is -1.03. The Labute approximate surface area is 69.4 Å². The highest BCUT2D eigenvalue weighted by atomic mass is 19.3. The zero-order chi connectivity index (χ0) is 8.97. The molecule has 0 saturated heterocycles. The van der Waals surface area contributed by atoms with Gasteiger partial charge in [0, 0.05) is 12.7 Å². The largest absolute Gasteiger partial charge is 0.330 e. The SMILES string of the molecule is NCC(c1ccccn1)C(F)F. The van der Waals surface area contributed by atoms with Crippen LogP contribution in [-0.2, 0) is 0 Å². The molecule has 1 aromatic rings. The van der Waals surface area contributed by atoms with Crippen molar-refractivity contribution < 1.29 is 8.78 Å². The minimum atomic E-state index is -2.44. The van der Waals surface area contributed by atoms with Gasteiger partial charge in [-0.25, -0.2) is 8.78 Å². The zero-order valence-electron chi connectivity index (χ0n) is 6.45. The monoisotopic (exact) mass is 172 g/mol. The molecule has 1 atom stereocenters. The van der Waals surface area contributed by atoms with Gasteiger partial charge >= 0.3 is 0 Å². The quantitative estimate of drug-likeness (QED) is 0.748. The average Bonchev–Trinajstić information content (AvgIpc) is 2.07. The maximum absolute atomic E-state index is 12.3. The molecule has 0 radical (unpaired) electrons. The zero-order valence-corrected chi connectivity index (χ0v) is 6.45. The standard InChI is InChI=1S/C8H10F2N2/c9-8(10)6(5-11)7-3-1-2-4-12-7/h1-4,6,8H,5,11H2. The van der Waals surface area contributed by atoms with Crippen LogP contribution in [0.25, 0.3) is 0 Å². The first-order chi connectivity index (χ1) is 5.75. The molecule has 0 fully saturated rings. The fourth-order valence-corrected chi connectivity index (χ4v) is 0.948. The molecule has 0 aromatic carbocycles. The lowest BCUT2D eigenvalue weighted by Crippen LogP contribution is -2.20. The number of hydrogen-bond acceptors (Lipinski definition) is 2. The summed E-state index contributed by atoms with van der Waals surface area (Å²) in [7, 11) is 0. The highest BCUT2D eigenvalue weighted by molar-refractivity contribution is 5.10. The summed E-state index contributed by atoms with van der Waals surface area (Å²) in [6.07, 6.45) is -0.953. The Kier molecular flexibility index (Phi) is 3.10. The molecule has 1 unspecified atom stereocenters. The first-order valence-corrected chi connectivity index (χ1v) is 3.65. The van der Waals surface area contributed by atoms with Crippen LogP contribution in [0.2, 0.25) is 0 Å².